The molecule has 2 unspecified atom stereocenters. The summed E-state index contributed by atoms with van der Waals surface area (Å²) >= 11 is 0. The van der Waals surface area contributed by atoms with Gasteiger partial charge in [-0.05, 0) is 48.9 Å². The first-order valence-electron chi connectivity index (χ1n) is 5.69. The van der Waals surface area contributed by atoms with Crippen molar-refractivity contribution >= 4 is 0 Å². The van der Waals surface area contributed by atoms with Gasteiger partial charge in [-0.1, -0.05) is 19.1 Å². The summed E-state index contributed by atoms with van der Waals surface area (Å²) in [4.78, 5) is 0. The van der Waals surface area contributed by atoms with Gasteiger partial charge in [-0.15, -0.1) is 0 Å². The average Bonchev–Trinajstić information content (AvgIpc) is 2.29. The lowest BCUT2D eigenvalue weighted by Gasteiger charge is -2.18. The van der Waals surface area contributed by atoms with Crippen LogP contribution in [0.5, 0.6) is 5.75 Å². The van der Waals surface area contributed by atoms with Crippen LogP contribution in [0.2, 0.25) is 0 Å². The molecule has 0 fully saturated rings. The van der Waals surface area contributed by atoms with Gasteiger partial charge < -0.3 is 15.9 Å². The van der Waals surface area contributed by atoms with E-state index in [1.807, 2.05) is 19.1 Å². The van der Waals surface area contributed by atoms with E-state index in [1.165, 1.54) is 5.56 Å². The zero-order valence-corrected chi connectivity index (χ0v) is 9.98. The Morgan fingerprint density at radius 1 is 1.38 bits per heavy atom. The van der Waals surface area contributed by atoms with Crippen LogP contribution in [-0.4, -0.2) is 23.4 Å². The Kier molecular flexibility index (Phi) is 4.77. The summed E-state index contributed by atoms with van der Waals surface area (Å²) in [6, 6.07) is 5.64. The topological polar surface area (TPSA) is 66.5 Å². The van der Waals surface area contributed by atoms with Crippen molar-refractivity contribution in [2.24, 2.45) is 11.7 Å². The monoisotopic (exact) mass is 223 g/mol. The first-order valence-corrected chi connectivity index (χ1v) is 5.69. The van der Waals surface area contributed by atoms with E-state index in [0.29, 0.717) is 18.2 Å². The molecule has 1 aromatic carbocycles. The van der Waals surface area contributed by atoms with Crippen molar-refractivity contribution in [2.75, 3.05) is 13.2 Å². The number of hydrogen-bond acceptors (Lipinski definition) is 3. The van der Waals surface area contributed by atoms with E-state index in [-0.39, 0.29) is 12.5 Å². The standard InChI is InChI=1S/C13H21NO2/c1-9(5-11(7-14)8-15)12-3-4-13(16)10(2)6-12/h3-4,6,9,11,15-16H,5,7-8,14H2,1-2H3. The second kappa shape index (κ2) is 5.87. The fourth-order valence-corrected chi connectivity index (χ4v) is 1.87. The van der Waals surface area contributed by atoms with Gasteiger partial charge in [0.15, 0.2) is 0 Å². The predicted molar refractivity (Wildman–Crippen MR) is 65.5 cm³/mol. The number of hydrogen-bond donors (Lipinski definition) is 3. The molecule has 0 saturated carbocycles. The summed E-state index contributed by atoms with van der Waals surface area (Å²) in [5, 5.41) is 18.5. The van der Waals surface area contributed by atoms with Crippen molar-refractivity contribution in [2.45, 2.75) is 26.2 Å². The van der Waals surface area contributed by atoms with Crippen LogP contribution in [0, 0.1) is 12.8 Å². The van der Waals surface area contributed by atoms with Gasteiger partial charge in [0.05, 0.1) is 0 Å². The fourth-order valence-electron chi connectivity index (χ4n) is 1.87. The van der Waals surface area contributed by atoms with Crippen molar-refractivity contribution in [3.05, 3.63) is 29.3 Å². The number of nitrogens with two attached hydrogens (primary N) is 1. The molecule has 0 heterocycles. The zero-order chi connectivity index (χ0) is 12.1. The van der Waals surface area contributed by atoms with Crippen LogP contribution in [-0.2, 0) is 0 Å². The van der Waals surface area contributed by atoms with E-state index < -0.39 is 0 Å². The molecule has 16 heavy (non-hydrogen) atoms. The minimum absolute atomic E-state index is 0.137. The molecule has 90 valence electrons. The molecule has 1 rings (SSSR count). The van der Waals surface area contributed by atoms with Crippen LogP contribution in [0.3, 0.4) is 0 Å². The van der Waals surface area contributed by atoms with Crippen LogP contribution in [0.25, 0.3) is 0 Å². The highest BCUT2D eigenvalue weighted by Crippen LogP contribution is 2.26. The number of aryl methyl sites for hydroxylation is 1. The lowest BCUT2D eigenvalue weighted by atomic mass is 9.90. The van der Waals surface area contributed by atoms with Crippen molar-refractivity contribution in [1.29, 1.82) is 0 Å². The molecule has 2 atom stereocenters. The molecule has 4 N–H and O–H groups in total. The highest BCUT2D eigenvalue weighted by atomic mass is 16.3. The van der Waals surface area contributed by atoms with Gasteiger partial charge in [0, 0.05) is 6.61 Å². The van der Waals surface area contributed by atoms with E-state index in [4.69, 9.17) is 10.8 Å². The van der Waals surface area contributed by atoms with Crippen molar-refractivity contribution in [3.8, 4) is 5.75 Å². The Morgan fingerprint density at radius 2 is 2.06 bits per heavy atom. The lowest BCUT2D eigenvalue weighted by Crippen LogP contribution is -2.20. The van der Waals surface area contributed by atoms with Crippen LogP contribution in [0.1, 0.15) is 30.4 Å². The Labute approximate surface area is 96.9 Å². The number of aliphatic hydroxyl groups excluding tert-OH is 1. The molecule has 1 aromatic rings. The van der Waals surface area contributed by atoms with E-state index in [9.17, 15) is 5.11 Å². The van der Waals surface area contributed by atoms with Crippen LogP contribution in [0.4, 0.5) is 0 Å². The molecule has 0 radical (unpaired) electrons. The Balaban J connectivity index is 2.72. The van der Waals surface area contributed by atoms with Gasteiger partial charge in [-0.3, -0.25) is 0 Å². The van der Waals surface area contributed by atoms with Crippen LogP contribution < -0.4 is 5.73 Å². The SMILES string of the molecule is Cc1cc(C(C)CC(CN)CO)ccc1O. The zero-order valence-electron chi connectivity index (χ0n) is 9.98. The van der Waals surface area contributed by atoms with Gasteiger partial charge in [0.2, 0.25) is 0 Å². The Hall–Kier alpha value is -1.06. The van der Waals surface area contributed by atoms with Gasteiger partial charge in [0.1, 0.15) is 5.75 Å². The van der Waals surface area contributed by atoms with E-state index >= 15 is 0 Å². The second-order valence-corrected chi connectivity index (χ2v) is 4.47. The number of phenolic OH excluding ortho intramolecular Hbond substituents is 1. The van der Waals surface area contributed by atoms with E-state index in [1.54, 1.807) is 6.07 Å². The fraction of sp³-hybridized carbons (Fsp3) is 0.538. The quantitative estimate of drug-likeness (QED) is 0.712. The van der Waals surface area contributed by atoms with E-state index in [2.05, 4.69) is 6.92 Å². The number of rotatable bonds is 5. The number of phenols is 1. The third-order valence-corrected chi connectivity index (χ3v) is 3.07. The maximum atomic E-state index is 9.44. The highest BCUT2D eigenvalue weighted by Gasteiger charge is 2.13. The molecule has 0 aliphatic carbocycles. The van der Waals surface area contributed by atoms with Crippen LogP contribution in [0.15, 0.2) is 18.2 Å². The van der Waals surface area contributed by atoms with Gasteiger partial charge in [0.25, 0.3) is 0 Å². The Morgan fingerprint density at radius 3 is 2.56 bits per heavy atom. The minimum Gasteiger partial charge on any atom is -0.508 e. The normalized spacial score (nSPS) is 14.8. The molecule has 0 aliphatic heterocycles. The summed E-state index contributed by atoms with van der Waals surface area (Å²) in [7, 11) is 0. The molecular weight excluding hydrogens is 202 g/mol. The third kappa shape index (κ3) is 3.22. The molecule has 0 aromatic heterocycles. The number of benzene rings is 1. The smallest absolute Gasteiger partial charge is 0.118 e. The molecule has 0 spiro atoms. The highest BCUT2D eigenvalue weighted by molar-refractivity contribution is 5.36. The number of aliphatic hydroxyl groups is 1. The number of aromatic hydroxyl groups is 1. The molecule has 3 heteroatoms. The predicted octanol–water partition coefficient (Wildman–Crippen LogP) is 1.76. The van der Waals surface area contributed by atoms with Gasteiger partial charge >= 0.3 is 0 Å². The molecule has 0 saturated heterocycles. The maximum absolute atomic E-state index is 9.44. The van der Waals surface area contributed by atoms with Gasteiger partial charge in [-0.25, -0.2) is 0 Å². The Bertz CT molecular complexity index is 335. The molecule has 0 bridgehead atoms. The summed E-state index contributed by atoms with van der Waals surface area (Å²) in [5.74, 6) is 0.831. The van der Waals surface area contributed by atoms with Crippen molar-refractivity contribution in [1.82, 2.24) is 0 Å². The van der Waals surface area contributed by atoms with Crippen molar-refractivity contribution < 1.29 is 10.2 Å². The van der Waals surface area contributed by atoms with E-state index in [0.717, 1.165) is 12.0 Å². The molecular formula is C13H21NO2. The molecule has 0 amide bonds. The first kappa shape index (κ1) is 13.0. The molecule has 0 aliphatic rings. The van der Waals surface area contributed by atoms with Crippen LogP contribution >= 0.6 is 0 Å². The van der Waals surface area contributed by atoms with Gasteiger partial charge in [-0.2, -0.15) is 0 Å². The third-order valence-electron chi connectivity index (χ3n) is 3.07. The average molecular weight is 223 g/mol. The summed E-state index contributed by atoms with van der Waals surface area (Å²) in [6.07, 6.45) is 0.872. The van der Waals surface area contributed by atoms with Crippen molar-refractivity contribution in [3.63, 3.8) is 0 Å². The molecule has 3 nitrogen and oxygen atoms in total. The summed E-state index contributed by atoms with van der Waals surface area (Å²) in [5.41, 5.74) is 7.63. The minimum atomic E-state index is 0.137. The summed E-state index contributed by atoms with van der Waals surface area (Å²) in [6.45, 7) is 4.65. The first-order chi connectivity index (χ1) is 7.58. The largest absolute Gasteiger partial charge is 0.508 e. The second-order valence-electron chi connectivity index (χ2n) is 4.47. The maximum Gasteiger partial charge on any atom is 0.118 e. The summed E-state index contributed by atoms with van der Waals surface area (Å²) < 4.78 is 0. The lowest BCUT2D eigenvalue weighted by molar-refractivity contribution is 0.217.